The van der Waals surface area contributed by atoms with Gasteiger partial charge in [0.15, 0.2) is 0 Å². The number of carbonyl (C=O) groups excluding carboxylic acids is 1. The Morgan fingerprint density at radius 2 is 0.923 bits per heavy atom. The molecule has 0 radical (unpaired) electrons. The van der Waals surface area contributed by atoms with Crippen LogP contribution in [-0.4, -0.2) is 94.4 Å². The fourth-order valence-electron chi connectivity index (χ4n) is 5.12. The molecule has 234 valence electrons. The first kappa shape index (κ1) is 38.6. The van der Waals surface area contributed by atoms with Gasteiger partial charge in [-0.1, -0.05) is 13.8 Å². The van der Waals surface area contributed by atoms with E-state index < -0.39 is 17.6 Å². The molecule has 11 heteroatoms. The molecule has 39 heavy (non-hydrogen) atoms. The van der Waals surface area contributed by atoms with Crippen LogP contribution in [0.4, 0.5) is 0 Å². The maximum atomic E-state index is 12.0. The summed E-state index contributed by atoms with van der Waals surface area (Å²) < 4.78 is 42.6. The fourth-order valence-corrected chi connectivity index (χ4v) is 11.4. The van der Waals surface area contributed by atoms with Gasteiger partial charge in [-0.05, 0) is 100 Å². The summed E-state index contributed by atoms with van der Waals surface area (Å²) in [6.45, 7) is 24.6. The number of hydrogen-bond acceptors (Lipinski definition) is 9. The third kappa shape index (κ3) is 13.9. The summed E-state index contributed by atoms with van der Waals surface area (Å²) in [5.41, 5.74) is 0.409. The number of rotatable bonds is 27. The first-order valence-electron chi connectivity index (χ1n) is 15.5. The Morgan fingerprint density at radius 3 is 1.21 bits per heavy atom. The largest absolute Gasteiger partial charge is 0.504 e. The van der Waals surface area contributed by atoms with Crippen molar-refractivity contribution in [3.63, 3.8) is 0 Å². The minimum atomic E-state index is -2.82. The first-order valence-corrected chi connectivity index (χ1v) is 19.1. The van der Waals surface area contributed by atoms with Gasteiger partial charge in [0, 0.05) is 57.1 Å². The van der Waals surface area contributed by atoms with Gasteiger partial charge in [0.05, 0.1) is 6.61 Å². The van der Waals surface area contributed by atoms with E-state index in [1.165, 1.54) is 0 Å². The van der Waals surface area contributed by atoms with Crippen LogP contribution >= 0.6 is 0 Å². The molecule has 0 aromatic rings. The highest BCUT2D eigenvalue weighted by Gasteiger charge is 2.49. The molecular weight excluding hydrogens is 534 g/mol. The molecule has 0 bridgehead atoms. The van der Waals surface area contributed by atoms with Crippen LogP contribution in [0.3, 0.4) is 0 Å². The highest BCUT2D eigenvalue weighted by molar-refractivity contribution is 6.62. The average Bonchev–Trinajstić information content (AvgIpc) is 2.90. The molecule has 0 fully saturated rings. The summed E-state index contributed by atoms with van der Waals surface area (Å²) in [4.78, 5) is 14.5. The molecule has 0 aliphatic heterocycles. The molecular formula is C28H61NO8Si2. The third-order valence-corrected chi connectivity index (χ3v) is 14.3. The minimum Gasteiger partial charge on any atom is -0.466 e. The second kappa shape index (κ2) is 23.2. The van der Waals surface area contributed by atoms with E-state index in [2.05, 4.69) is 18.7 Å². The predicted octanol–water partition coefficient (Wildman–Crippen LogP) is 6.07. The standard InChI is InChI=1S/C28H61NO8Si2/c1-10-26(38(32-13-4,33-14-5)34-15-6)21-24-29(23-19-20-28(30)31-12-3)25-22-27(11-2)39(35-16-7,36-17-8)37-18-9/h26-27H,10-25H2,1-9H3. The van der Waals surface area contributed by atoms with Crippen LogP contribution in [0.2, 0.25) is 11.1 Å². The normalized spacial score (nSPS) is 14.1. The van der Waals surface area contributed by atoms with Gasteiger partial charge in [-0.3, -0.25) is 4.79 Å². The van der Waals surface area contributed by atoms with Crippen molar-refractivity contribution in [2.75, 3.05) is 65.9 Å². The molecule has 2 unspecified atom stereocenters. The van der Waals surface area contributed by atoms with Gasteiger partial charge < -0.3 is 36.2 Å². The zero-order valence-electron chi connectivity index (χ0n) is 26.7. The quantitative estimate of drug-likeness (QED) is 0.0830. The van der Waals surface area contributed by atoms with Gasteiger partial charge in [0.25, 0.3) is 0 Å². The summed E-state index contributed by atoms with van der Waals surface area (Å²) >= 11 is 0. The highest BCUT2D eigenvalue weighted by Crippen LogP contribution is 2.34. The van der Waals surface area contributed by atoms with Gasteiger partial charge in [-0.25, -0.2) is 0 Å². The Bertz CT molecular complexity index is 530. The molecule has 0 heterocycles. The Morgan fingerprint density at radius 1 is 0.564 bits per heavy atom. The van der Waals surface area contributed by atoms with Gasteiger partial charge in [-0.2, -0.15) is 0 Å². The Kier molecular flexibility index (Phi) is 23.0. The van der Waals surface area contributed by atoms with Gasteiger partial charge in [0.2, 0.25) is 0 Å². The smallest absolute Gasteiger partial charge is 0.466 e. The number of nitrogens with zero attached hydrogens (tertiary/aromatic N) is 1. The SMILES string of the molecule is CCOC(=O)CCCN(CCC(CC)[Si](OCC)(OCC)OCC)CCC(CC)[Si](OCC)(OCC)OCC. The van der Waals surface area contributed by atoms with Crippen LogP contribution in [0, 0.1) is 0 Å². The van der Waals surface area contributed by atoms with Crippen LogP contribution < -0.4 is 0 Å². The summed E-state index contributed by atoms with van der Waals surface area (Å²) in [6.07, 6.45) is 4.84. The Labute approximate surface area is 242 Å². The lowest BCUT2D eigenvalue weighted by molar-refractivity contribution is -0.143. The van der Waals surface area contributed by atoms with E-state index in [1.807, 2.05) is 48.5 Å². The lowest BCUT2D eigenvalue weighted by Gasteiger charge is -2.37. The molecule has 0 aromatic carbocycles. The molecule has 0 aromatic heterocycles. The van der Waals surface area contributed by atoms with Gasteiger partial charge >= 0.3 is 23.6 Å². The maximum absolute atomic E-state index is 12.0. The summed E-state index contributed by atoms with van der Waals surface area (Å²) in [6, 6.07) is 0. The van der Waals surface area contributed by atoms with Crippen molar-refractivity contribution in [2.45, 2.75) is 112 Å². The van der Waals surface area contributed by atoms with Crippen LogP contribution in [-0.2, 0) is 36.1 Å². The van der Waals surface area contributed by atoms with Crippen LogP contribution in [0.25, 0.3) is 0 Å². The summed E-state index contributed by atoms with van der Waals surface area (Å²) in [5.74, 6) is -0.138. The van der Waals surface area contributed by atoms with Crippen LogP contribution in [0.5, 0.6) is 0 Å². The zero-order chi connectivity index (χ0) is 29.6. The van der Waals surface area contributed by atoms with Crippen molar-refractivity contribution < 1.29 is 36.1 Å². The minimum absolute atomic E-state index is 0.138. The molecule has 0 aliphatic rings. The lowest BCUT2D eigenvalue weighted by atomic mass is 10.2. The predicted molar refractivity (Wildman–Crippen MR) is 161 cm³/mol. The molecule has 0 amide bonds. The molecule has 0 aliphatic carbocycles. The Hall–Kier alpha value is -0.376. The van der Waals surface area contributed by atoms with Crippen LogP contribution in [0.1, 0.15) is 101 Å². The van der Waals surface area contributed by atoms with Crippen molar-refractivity contribution >= 4 is 23.6 Å². The second-order valence-corrected chi connectivity index (χ2v) is 15.1. The first-order chi connectivity index (χ1) is 18.8. The maximum Gasteiger partial charge on any atom is 0.504 e. The molecule has 0 saturated heterocycles. The van der Waals surface area contributed by atoms with Crippen molar-refractivity contribution in [2.24, 2.45) is 0 Å². The zero-order valence-corrected chi connectivity index (χ0v) is 28.7. The van der Waals surface area contributed by atoms with E-state index in [0.717, 1.165) is 51.7 Å². The van der Waals surface area contributed by atoms with Crippen molar-refractivity contribution in [1.82, 2.24) is 4.90 Å². The average molecular weight is 596 g/mol. The number of hydrogen-bond donors (Lipinski definition) is 0. The fraction of sp³-hybridized carbons (Fsp3) is 0.964. The molecule has 0 N–H and O–H groups in total. The van der Waals surface area contributed by atoms with E-state index in [4.69, 9.17) is 31.3 Å². The van der Waals surface area contributed by atoms with Crippen LogP contribution in [0.15, 0.2) is 0 Å². The Balaban J connectivity index is 5.76. The summed E-state index contributed by atoms with van der Waals surface area (Å²) in [7, 11) is -5.64. The highest BCUT2D eigenvalue weighted by atomic mass is 28.4. The van der Waals surface area contributed by atoms with E-state index in [9.17, 15) is 4.79 Å². The number of esters is 1. The van der Waals surface area contributed by atoms with Crippen molar-refractivity contribution in [1.29, 1.82) is 0 Å². The van der Waals surface area contributed by atoms with E-state index >= 15 is 0 Å². The van der Waals surface area contributed by atoms with E-state index in [-0.39, 0.29) is 17.1 Å². The molecule has 2 atom stereocenters. The molecule has 9 nitrogen and oxygen atoms in total. The monoisotopic (exact) mass is 595 g/mol. The van der Waals surface area contributed by atoms with Gasteiger partial charge in [-0.15, -0.1) is 0 Å². The van der Waals surface area contributed by atoms with E-state index in [0.29, 0.717) is 52.7 Å². The molecule has 0 rings (SSSR count). The number of ether oxygens (including phenoxy) is 1. The van der Waals surface area contributed by atoms with Crippen molar-refractivity contribution in [3.05, 3.63) is 0 Å². The molecule has 0 spiro atoms. The van der Waals surface area contributed by atoms with Gasteiger partial charge in [0.1, 0.15) is 0 Å². The van der Waals surface area contributed by atoms with E-state index in [1.54, 1.807) is 0 Å². The third-order valence-electron chi connectivity index (χ3n) is 6.81. The number of carbonyl (C=O) groups is 1. The van der Waals surface area contributed by atoms with Crippen molar-refractivity contribution in [3.8, 4) is 0 Å². The lowest BCUT2D eigenvalue weighted by Crippen LogP contribution is -2.51. The summed E-state index contributed by atoms with van der Waals surface area (Å²) in [5, 5.41) is 0. The molecule has 0 saturated carbocycles. The second-order valence-electron chi connectivity index (χ2n) is 9.34. The topological polar surface area (TPSA) is 84.9 Å².